The van der Waals surface area contributed by atoms with E-state index in [2.05, 4.69) is 15.6 Å². The van der Waals surface area contributed by atoms with Crippen LogP contribution >= 0.6 is 0 Å². The molecule has 2 rings (SSSR count). The monoisotopic (exact) mass is 329 g/mol. The first-order valence-electron chi connectivity index (χ1n) is 8.20. The third kappa shape index (κ3) is 5.26. The van der Waals surface area contributed by atoms with E-state index < -0.39 is 0 Å². The zero-order chi connectivity index (χ0) is 17.2. The molecule has 4 nitrogen and oxygen atoms in total. The topological polar surface area (TPSA) is 45.7 Å². The van der Waals surface area contributed by atoms with Gasteiger partial charge in [0.15, 0.2) is 5.96 Å². The maximum atomic E-state index is 13.7. The Morgan fingerprint density at radius 3 is 2.42 bits per heavy atom. The van der Waals surface area contributed by atoms with Crippen LogP contribution in [-0.2, 0) is 13.1 Å². The van der Waals surface area contributed by atoms with E-state index in [9.17, 15) is 4.39 Å². The number of nitrogens with zero attached hydrogens (tertiary/aromatic N) is 1. The van der Waals surface area contributed by atoms with Crippen molar-refractivity contribution in [2.24, 2.45) is 4.99 Å². The summed E-state index contributed by atoms with van der Waals surface area (Å²) < 4.78 is 19.3. The number of aliphatic imine (C=N–C) groups is 1. The van der Waals surface area contributed by atoms with Crippen LogP contribution in [-0.4, -0.2) is 19.1 Å². The van der Waals surface area contributed by atoms with Gasteiger partial charge >= 0.3 is 0 Å². The minimum absolute atomic E-state index is 0.220. The minimum Gasteiger partial charge on any atom is -0.494 e. The highest BCUT2D eigenvalue weighted by atomic mass is 19.1. The smallest absolute Gasteiger partial charge is 0.191 e. The van der Waals surface area contributed by atoms with E-state index in [1.807, 2.05) is 44.2 Å². The first-order valence-corrected chi connectivity index (χ1v) is 8.20. The molecule has 0 amide bonds. The van der Waals surface area contributed by atoms with E-state index in [4.69, 9.17) is 4.74 Å². The van der Waals surface area contributed by atoms with Crippen LogP contribution in [0.5, 0.6) is 5.75 Å². The van der Waals surface area contributed by atoms with Crippen LogP contribution < -0.4 is 15.4 Å². The molecule has 2 aromatic rings. The molecule has 0 heterocycles. The second-order valence-electron chi connectivity index (χ2n) is 5.18. The van der Waals surface area contributed by atoms with Gasteiger partial charge in [0, 0.05) is 24.2 Å². The number of guanidine groups is 1. The number of rotatable bonds is 7. The lowest BCUT2D eigenvalue weighted by Crippen LogP contribution is -2.37. The van der Waals surface area contributed by atoms with Crippen molar-refractivity contribution in [3.05, 3.63) is 65.5 Å². The molecule has 0 aliphatic rings. The van der Waals surface area contributed by atoms with E-state index in [1.54, 1.807) is 12.1 Å². The zero-order valence-corrected chi connectivity index (χ0v) is 14.2. The van der Waals surface area contributed by atoms with Crippen molar-refractivity contribution in [3.8, 4) is 5.75 Å². The van der Waals surface area contributed by atoms with Gasteiger partial charge in [-0.1, -0.05) is 36.4 Å². The van der Waals surface area contributed by atoms with Crippen molar-refractivity contribution in [3.63, 3.8) is 0 Å². The summed E-state index contributed by atoms with van der Waals surface area (Å²) in [4.78, 5) is 4.56. The van der Waals surface area contributed by atoms with Gasteiger partial charge in [-0.3, -0.25) is 0 Å². The predicted molar refractivity (Wildman–Crippen MR) is 95.7 cm³/mol. The van der Waals surface area contributed by atoms with Gasteiger partial charge in [0.25, 0.3) is 0 Å². The number of ether oxygens (including phenoxy) is 1. The van der Waals surface area contributed by atoms with Crippen molar-refractivity contribution < 1.29 is 9.13 Å². The molecule has 0 saturated heterocycles. The van der Waals surface area contributed by atoms with Crippen LogP contribution in [0.2, 0.25) is 0 Å². The fourth-order valence-corrected chi connectivity index (χ4v) is 2.26. The summed E-state index contributed by atoms with van der Waals surface area (Å²) in [5, 5.41) is 6.33. The third-order valence-electron chi connectivity index (χ3n) is 3.43. The number of hydrogen-bond donors (Lipinski definition) is 2. The first-order chi connectivity index (χ1) is 11.7. The Labute approximate surface area is 142 Å². The number of hydrogen-bond acceptors (Lipinski definition) is 2. The molecule has 0 bridgehead atoms. The van der Waals surface area contributed by atoms with Gasteiger partial charge in [-0.15, -0.1) is 0 Å². The molecule has 0 unspecified atom stereocenters. The molecule has 5 heteroatoms. The Morgan fingerprint density at radius 1 is 1.00 bits per heavy atom. The summed E-state index contributed by atoms with van der Waals surface area (Å²) in [7, 11) is 0. The Balaban J connectivity index is 2.04. The normalized spacial score (nSPS) is 11.2. The average molecular weight is 329 g/mol. The van der Waals surface area contributed by atoms with Gasteiger partial charge in [0.05, 0.1) is 13.2 Å². The number of para-hydroxylation sites is 1. The molecule has 24 heavy (non-hydrogen) atoms. The van der Waals surface area contributed by atoms with Gasteiger partial charge in [0.2, 0.25) is 0 Å². The molecule has 2 aromatic carbocycles. The molecule has 128 valence electrons. The van der Waals surface area contributed by atoms with E-state index in [0.717, 1.165) is 17.9 Å². The predicted octanol–water partition coefficient (Wildman–Crippen LogP) is 3.48. The van der Waals surface area contributed by atoms with Crippen LogP contribution in [0, 0.1) is 5.82 Å². The fourth-order valence-electron chi connectivity index (χ4n) is 2.26. The number of benzene rings is 2. The van der Waals surface area contributed by atoms with Gasteiger partial charge in [-0.25, -0.2) is 9.38 Å². The van der Waals surface area contributed by atoms with Crippen LogP contribution in [0.4, 0.5) is 4.39 Å². The van der Waals surface area contributed by atoms with Crippen LogP contribution in [0.1, 0.15) is 25.0 Å². The van der Waals surface area contributed by atoms with Crippen LogP contribution in [0.3, 0.4) is 0 Å². The second kappa shape index (κ2) is 9.55. The summed E-state index contributed by atoms with van der Waals surface area (Å²) in [5.41, 5.74) is 1.63. The minimum atomic E-state index is -0.220. The molecule has 0 radical (unpaired) electrons. The maximum Gasteiger partial charge on any atom is 0.191 e. The SMILES string of the molecule is CCNC(=NCc1ccccc1OCC)NCc1ccccc1F. The van der Waals surface area contributed by atoms with Crippen molar-refractivity contribution >= 4 is 5.96 Å². The lowest BCUT2D eigenvalue weighted by Gasteiger charge is -2.13. The van der Waals surface area contributed by atoms with Gasteiger partial charge in [-0.05, 0) is 26.0 Å². The Bertz CT molecular complexity index is 673. The van der Waals surface area contributed by atoms with E-state index in [-0.39, 0.29) is 5.82 Å². The number of nitrogens with one attached hydrogen (secondary N) is 2. The van der Waals surface area contributed by atoms with Gasteiger partial charge in [0.1, 0.15) is 11.6 Å². The third-order valence-corrected chi connectivity index (χ3v) is 3.43. The summed E-state index contributed by atoms with van der Waals surface area (Å²) in [6.07, 6.45) is 0. The molecule has 0 saturated carbocycles. The Morgan fingerprint density at radius 2 is 1.71 bits per heavy atom. The summed E-state index contributed by atoms with van der Waals surface area (Å²) >= 11 is 0. The molecule has 0 aliphatic heterocycles. The molecule has 0 spiro atoms. The summed E-state index contributed by atoms with van der Waals surface area (Å²) in [6, 6.07) is 14.6. The largest absolute Gasteiger partial charge is 0.494 e. The van der Waals surface area contributed by atoms with Gasteiger partial charge < -0.3 is 15.4 Å². The van der Waals surface area contributed by atoms with Crippen LogP contribution in [0.25, 0.3) is 0 Å². The number of halogens is 1. The fraction of sp³-hybridized carbons (Fsp3) is 0.316. The highest BCUT2D eigenvalue weighted by Gasteiger charge is 2.05. The maximum absolute atomic E-state index is 13.7. The van der Waals surface area contributed by atoms with Gasteiger partial charge in [-0.2, -0.15) is 0 Å². The molecule has 2 N–H and O–H groups in total. The van der Waals surface area contributed by atoms with E-state index >= 15 is 0 Å². The molecular formula is C19H24FN3O. The second-order valence-corrected chi connectivity index (χ2v) is 5.18. The van der Waals surface area contributed by atoms with Crippen molar-refractivity contribution in [2.45, 2.75) is 26.9 Å². The lowest BCUT2D eigenvalue weighted by molar-refractivity contribution is 0.336. The van der Waals surface area contributed by atoms with E-state index in [1.165, 1.54) is 6.07 Å². The summed E-state index contributed by atoms with van der Waals surface area (Å²) in [6.45, 7) is 6.17. The summed E-state index contributed by atoms with van der Waals surface area (Å²) in [5.74, 6) is 1.27. The van der Waals surface area contributed by atoms with Crippen LogP contribution in [0.15, 0.2) is 53.5 Å². The van der Waals surface area contributed by atoms with E-state index in [0.29, 0.717) is 31.2 Å². The molecule has 0 aliphatic carbocycles. The molecule has 0 aromatic heterocycles. The first kappa shape index (κ1) is 17.8. The van der Waals surface area contributed by atoms with Crippen molar-refractivity contribution in [2.75, 3.05) is 13.2 Å². The molecule has 0 atom stereocenters. The Hall–Kier alpha value is -2.56. The standard InChI is InChI=1S/C19H24FN3O/c1-3-21-19(22-13-15-9-5-7-11-17(15)20)23-14-16-10-6-8-12-18(16)24-4-2/h5-12H,3-4,13-14H2,1-2H3,(H2,21,22,23). The lowest BCUT2D eigenvalue weighted by atomic mass is 10.2. The highest BCUT2D eigenvalue weighted by molar-refractivity contribution is 5.79. The zero-order valence-electron chi connectivity index (χ0n) is 14.2. The molecule has 0 fully saturated rings. The van der Waals surface area contributed by atoms with Crippen molar-refractivity contribution in [1.82, 2.24) is 10.6 Å². The molecular weight excluding hydrogens is 305 g/mol. The quantitative estimate of drug-likeness (QED) is 0.604. The highest BCUT2D eigenvalue weighted by Crippen LogP contribution is 2.18. The Kier molecular flexibility index (Phi) is 7.08. The van der Waals surface area contributed by atoms with Crippen molar-refractivity contribution in [1.29, 1.82) is 0 Å². The average Bonchev–Trinajstić information content (AvgIpc) is 2.60.